The number of carbonyl (C=O) groups is 3. The second-order valence-corrected chi connectivity index (χ2v) is 10.6. The maximum absolute atomic E-state index is 13.6. The molecule has 0 spiro atoms. The van der Waals surface area contributed by atoms with E-state index in [1.54, 1.807) is 24.3 Å². The lowest BCUT2D eigenvalue weighted by atomic mass is 9.93. The highest BCUT2D eigenvalue weighted by Crippen LogP contribution is 2.19. The van der Waals surface area contributed by atoms with E-state index in [-0.39, 0.29) is 47.6 Å². The first-order valence-electron chi connectivity index (χ1n) is 13.2. The first-order chi connectivity index (χ1) is 19.4. The highest BCUT2D eigenvalue weighted by molar-refractivity contribution is 5.97. The SMILES string of the molecule is CC(C)(C)OC=O.O=C(NCC(=O)C1CCNCC1)c1cccc(Cn2nc(-c3cc(F)cc(F)c3)ccc2=O)c1. The van der Waals surface area contributed by atoms with Gasteiger partial charge in [-0.15, -0.1) is 0 Å². The Morgan fingerprint density at radius 2 is 1.76 bits per heavy atom. The third-order valence-corrected chi connectivity index (χ3v) is 6.17. The molecule has 0 bridgehead atoms. The van der Waals surface area contributed by atoms with Gasteiger partial charge in [-0.1, -0.05) is 12.1 Å². The molecule has 1 aliphatic heterocycles. The summed E-state index contributed by atoms with van der Waals surface area (Å²) in [6.45, 7) is 7.55. The van der Waals surface area contributed by atoms with Gasteiger partial charge in [0, 0.05) is 29.2 Å². The molecule has 1 aromatic heterocycles. The molecule has 2 heterocycles. The van der Waals surface area contributed by atoms with Crippen LogP contribution in [0.15, 0.2) is 59.4 Å². The Morgan fingerprint density at radius 3 is 2.37 bits per heavy atom. The van der Waals surface area contributed by atoms with Crippen molar-refractivity contribution in [2.45, 2.75) is 45.8 Å². The van der Waals surface area contributed by atoms with E-state index in [0.717, 1.165) is 48.8 Å². The molecule has 218 valence electrons. The molecule has 4 rings (SSSR count). The molecule has 2 aromatic carbocycles. The van der Waals surface area contributed by atoms with Crippen molar-refractivity contribution in [1.82, 2.24) is 20.4 Å². The normalized spacial score (nSPS) is 13.5. The van der Waals surface area contributed by atoms with Crippen molar-refractivity contribution < 1.29 is 27.9 Å². The molecule has 0 saturated carbocycles. The minimum atomic E-state index is -0.744. The summed E-state index contributed by atoms with van der Waals surface area (Å²) in [6.07, 6.45) is 1.54. The summed E-state index contributed by atoms with van der Waals surface area (Å²) < 4.78 is 32.9. The van der Waals surface area contributed by atoms with Gasteiger partial charge in [0.2, 0.25) is 0 Å². The Balaban J connectivity index is 0.000000587. The minimum Gasteiger partial charge on any atom is -0.462 e. The van der Waals surface area contributed by atoms with Crippen molar-refractivity contribution in [2.75, 3.05) is 19.6 Å². The second kappa shape index (κ2) is 14.4. The highest BCUT2D eigenvalue weighted by atomic mass is 19.1. The number of piperidine rings is 1. The second-order valence-electron chi connectivity index (χ2n) is 10.6. The molecular formula is C30H34F2N4O5. The van der Waals surface area contributed by atoms with Crippen LogP contribution in [0.4, 0.5) is 8.78 Å². The van der Waals surface area contributed by atoms with Gasteiger partial charge in [-0.25, -0.2) is 13.5 Å². The minimum absolute atomic E-state index is 0.0207. The Labute approximate surface area is 236 Å². The van der Waals surface area contributed by atoms with Crippen LogP contribution in [0.1, 0.15) is 49.5 Å². The van der Waals surface area contributed by atoms with Gasteiger partial charge in [-0.2, -0.15) is 5.10 Å². The van der Waals surface area contributed by atoms with Gasteiger partial charge in [-0.3, -0.25) is 19.2 Å². The van der Waals surface area contributed by atoms with Crippen molar-refractivity contribution in [3.05, 3.63) is 87.7 Å². The van der Waals surface area contributed by atoms with Crippen LogP contribution in [-0.2, 0) is 20.9 Å². The van der Waals surface area contributed by atoms with Crippen molar-refractivity contribution in [2.24, 2.45) is 5.92 Å². The van der Waals surface area contributed by atoms with Gasteiger partial charge < -0.3 is 15.4 Å². The summed E-state index contributed by atoms with van der Waals surface area (Å²) >= 11 is 0. The molecule has 0 aliphatic carbocycles. The van der Waals surface area contributed by atoms with E-state index < -0.39 is 17.2 Å². The highest BCUT2D eigenvalue weighted by Gasteiger charge is 2.21. The number of nitrogens with one attached hydrogen (secondary N) is 2. The third-order valence-electron chi connectivity index (χ3n) is 6.17. The maximum Gasteiger partial charge on any atom is 0.293 e. The lowest BCUT2D eigenvalue weighted by Crippen LogP contribution is -2.38. The Kier molecular flexibility index (Phi) is 11.0. The molecule has 1 saturated heterocycles. The smallest absolute Gasteiger partial charge is 0.293 e. The third kappa shape index (κ3) is 10.0. The van der Waals surface area contributed by atoms with Gasteiger partial charge in [0.15, 0.2) is 5.78 Å². The summed E-state index contributed by atoms with van der Waals surface area (Å²) in [6, 6.07) is 12.4. The summed E-state index contributed by atoms with van der Waals surface area (Å²) in [5.41, 5.74) is 0.715. The van der Waals surface area contributed by atoms with Crippen molar-refractivity contribution >= 4 is 18.2 Å². The number of halogens is 2. The summed E-state index contributed by atoms with van der Waals surface area (Å²) in [4.78, 5) is 46.8. The fraction of sp³-hybridized carbons (Fsp3) is 0.367. The Morgan fingerprint density at radius 1 is 1.07 bits per heavy atom. The lowest BCUT2D eigenvalue weighted by molar-refractivity contribution is -0.138. The number of aromatic nitrogens is 2. The fourth-order valence-corrected chi connectivity index (χ4v) is 4.10. The predicted molar refractivity (Wildman–Crippen MR) is 149 cm³/mol. The average Bonchev–Trinajstić information content (AvgIpc) is 2.92. The van der Waals surface area contributed by atoms with Gasteiger partial charge >= 0.3 is 0 Å². The van der Waals surface area contributed by atoms with E-state index >= 15 is 0 Å². The monoisotopic (exact) mass is 568 g/mol. The number of hydrogen-bond acceptors (Lipinski definition) is 7. The quantitative estimate of drug-likeness (QED) is 0.399. The van der Waals surface area contributed by atoms with E-state index in [0.29, 0.717) is 17.6 Å². The van der Waals surface area contributed by atoms with E-state index in [4.69, 9.17) is 0 Å². The number of ether oxygens (including phenoxy) is 1. The number of nitrogens with zero attached hydrogens (tertiary/aromatic N) is 2. The van der Waals surface area contributed by atoms with Gasteiger partial charge in [0.25, 0.3) is 17.9 Å². The molecule has 0 radical (unpaired) electrons. The van der Waals surface area contributed by atoms with Crippen LogP contribution in [0.5, 0.6) is 0 Å². The van der Waals surface area contributed by atoms with E-state index in [9.17, 15) is 28.0 Å². The van der Waals surface area contributed by atoms with Crippen LogP contribution in [0.3, 0.4) is 0 Å². The number of benzene rings is 2. The topological polar surface area (TPSA) is 119 Å². The van der Waals surface area contributed by atoms with Gasteiger partial charge in [0.05, 0.1) is 18.8 Å². The molecule has 3 aromatic rings. The van der Waals surface area contributed by atoms with Crippen LogP contribution < -0.4 is 16.2 Å². The lowest BCUT2D eigenvalue weighted by Gasteiger charge is -2.21. The van der Waals surface area contributed by atoms with Gasteiger partial charge in [-0.05, 0) is 82.6 Å². The number of carbonyl (C=O) groups excluding carboxylic acids is 3. The average molecular weight is 569 g/mol. The Bertz CT molecular complexity index is 1410. The van der Waals surface area contributed by atoms with Crippen LogP contribution in [0.25, 0.3) is 11.3 Å². The number of Topliss-reactive ketones (excluding diaryl/α,β-unsaturated/α-hetero) is 1. The van der Waals surface area contributed by atoms with Crippen LogP contribution >= 0.6 is 0 Å². The van der Waals surface area contributed by atoms with Crippen molar-refractivity contribution in [3.8, 4) is 11.3 Å². The van der Waals surface area contributed by atoms with Crippen LogP contribution in [0.2, 0.25) is 0 Å². The first kappa shape index (κ1) is 31.3. The molecule has 1 amide bonds. The Hall–Kier alpha value is -4.25. The zero-order chi connectivity index (χ0) is 30.0. The van der Waals surface area contributed by atoms with Crippen molar-refractivity contribution in [3.63, 3.8) is 0 Å². The summed E-state index contributed by atoms with van der Waals surface area (Å²) in [5.74, 6) is -1.88. The van der Waals surface area contributed by atoms with E-state index in [1.165, 1.54) is 12.1 Å². The standard InChI is InChI=1S/C25H24F2N4O3.C5H10O2/c26-20-11-19(12-21(27)13-20)22-4-5-24(33)31(30-22)15-16-2-1-3-18(10-16)25(34)29-14-23(32)17-6-8-28-9-7-17;1-5(2,3)7-4-6/h1-5,10-13,17,28H,6-9,14-15H2,(H,29,34);4H,1-3H3. The summed E-state index contributed by atoms with van der Waals surface area (Å²) in [5, 5.41) is 10.1. The number of hydrogen-bond donors (Lipinski definition) is 2. The molecule has 0 unspecified atom stereocenters. The van der Waals surface area contributed by atoms with Crippen LogP contribution in [-0.4, -0.2) is 53.2 Å². The van der Waals surface area contributed by atoms with E-state index in [1.807, 2.05) is 20.8 Å². The zero-order valence-corrected chi connectivity index (χ0v) is 23.3. The van der Waals surface area contributed by atoms with E-state index in [2.05, 4.69) is 20.5 Å². The largest absolute Gasteiger partial charge is 0.462 e. The van der Waals surface area contributed by atoms with Crippen molar-refractivity contribution in [1.29, 1.82) is 0 Å². The zero-order valence-electron chi connectivity index (χ0n) is 23.3. The molecule has 2 N–H and O–H groups in total. The predicted octanol–water partition coefficient (Wildman–Crippen LogP) is 3.49. The van der Waals surface area contributed by atoms with Gasteiger partial charge in [0.1, 0.15) is 17.2 Å². The molecule has 41 heavy (non-hydrogen) atoms. The molecule has 1 aliphatic rings. The molecule has 1 fully saturated rings. The molecular weight excluding hydrogens is 534 g/mol. The van der Waals surface area contributed by atoms with Crippen LogP contribution in [0, 0.1) is 17.6 Å². The summed E-state index contributed by atoms with van der Waals surface area (Å²) in [7, 11) is 0. The molecule has 0 atom stereocenters. The fourth-order valence-electron chi connectivity index (χ4n) is 4.10. The number of ketones is 1. The molecule has 9 nitrogen and oxygen atoms in total. The maximum atomic E-state index is 13.6. The first-order valence-corrected chi connectivity index (χ1v) is 13.2. The number of amides is 1. The molecule has 11 heteroatoms. The number of rotatable bonds is 8.